The Balaban J connectivity index is 1.74. The van der Waals surface area contributed by atoms with Gasteiger partial charge in [-0.05, 0) is 55.1 Å². The lowest BCUT2D eigenvalue weighted by Gasteiger charge is -2.35. The molecule has 7 heteroatoms. The number of carbonyl (C=O) groups excluding carboxylic acids is 2. The van der Waals surface area contributed by atoms with Crippen LogP contribution in [0.3, 0.4) is 0 Å². The minimum absolute atomic E-state index is 0.206. The maximum absolute atomic E-state index is 13.9. The van der Waals surface area contributed by atoms with Gasteiger partial charge in [-0.15, -0.1) is 0 Å². The zero-order valence-corrected chi connectivity index (χ0v) is 18.3. The lowest BCUT2D eigenvalue weighted by Crippen LogP contribution is -2.51. The molecule has 1 fully saturated rings. The van der Waals surface area contributed by atoms with Gasteiger partial charge in [0.15, 0.2) is 5.78 Å². The third kappa shape index (κ3) is 2.95. The molecule has 3 aromatic rings. The SMILES string of the molecule is CN1C[C@H](c2ccc(F)cc2)[C@@H](C(=O)c2ccccn2)[C@@]12C(=O)Nc1ccc(Br)cc12. The standard InChI is InChI=1S/C24H19BrFN3O2/c1-29-13-17(14-5-8-16(26)9-6-14)21(22(30)20-4-2-3-11-27-20)24(29)18-12-15(25)7-10-19(18)28-23(24)31/h2-12,17,21H,13H2,1H3,(H,28,31)/t17-,21+,24+/m1/s1. The van der Waals surface area contributed by atoms with Gasteiger partial charge in [-0.25, -0.2) is 4.39 Å². The van der Waals surface area contributed by atoms with Crippen molar-refractivity contribution < 1.29 is 14.0 Å². The number of Topliss-reactive ketones (excluding diaryl/α,β-unsaturated/α-hetero) is 1. The first-order valence-electron chi connectivity index (χ1n) is 9.96. The number of nitrogens with zero attached hydrogens (tertiary/aromatic N) is 2. The van der Waals surface area contributed by atoms with Crippen LogP contribution in [0.4, 0.5) is 10.1 Å². The number of halogens is 2. The van der Waals surface area contributed by atoms with Crippen molar-refractivity contribution in [2.24, 2.45) is 5.92 Å². The zero-order chi connectivity index (χ0) is 21.8. The average Bonchev–Trinajstić information content (AvgIpc) is 3.24. The number of nitrogens with one attached hydrogen (secondary N) is 1. The Morgan fingerprint density at radius 1 is 1.19 bits per heavy atom. The number of rotatable bonds is 3. The highest BCUT2D eigenvalue weighted by Crippen LogP contribution is 2.55. The molecule has 156 valence electrons. The molecule has 0 saturated carbocycles. The molecular formula is C24H19BrFN3O2. The van der Waals surface area contributed by atoms with Gasteiger partial charge in [0.05, 0.1) is 5.92 Å². The summed E-state index contributed by atoms with van der Waals surface area (Å²) in [6.07, 6.45) is 1.57. The van der Waals surface area contributed by atoms with Crippen LogP contribution in [0.25, 0.3) is 0 Å². The fourth-order valence-corrected chi connectivity index (χ4v) is 5.45. The molecule has 5 rings (SSSR count). The summed E-state index contributed by atoms with van der Waals surface area (Å²) in [4.78, 5) is 33.7. The number of benzene rings is 2. The van der Waals surface area contributed by atoms with Crippen molar-refractivity contribution in [1.82, 2.24) is 9.88 Å². The maximum atomic E-state index is 13.9. The summed E-state index contributed by atoms with van der Waals surface area (Å²) < 4.78 is 14.4. The number of likely N-dealkylation sites (tertiary alicyclic amines) is 1. The summed E-state index contributed by atoms with van der Waals surface area (Å²) in [5, 5.41) is 2.97. The second-order valence-electron chi connectivity index (χ2n) is 8.01. The fraction of sp³-hybridized carbons (Fsp3) is 0.208. The topological polar surface area (TPSA) is 62.3 Å². The third-order valence-corrected chi connectivity index (χ3v) is 6.90. The Morgan fingerprint density at radius 3 is 2.68 bits per heavy atom. The van der Waals surface area contributed by atoms with E-state index in [0.717, 1.165) is 15.6 Å². The summed E-state index contributed by atoms with van der Waals surface area (Å²) in [6, 6.07) is 17.0. The van der Waals surface area contributed by atoms with Crippen LogP contribution in [-0.4, -0.2) is 35.2 Å². The minimum atomic E-state index is -1.19. The number of hydrogen-bond donors (Lipinski definition) is 1. The lowest BCUT2D eigenvalue weighted by molar-refractivity contribution is -0.126. The van der Waals surface area contributed by atoms with Crippen LogP contribution in [0, 0.1) is 11.7 Å². The number of amides is 1. The first-order valence-corrected chi connectivity index (χ1v) is 10.8. The van der Waals surface area contributed by atoms with Gasteiger partial charge < -0.3 is 5.32 Å². The van der Waals surface area contributed by atoms with E-state index in [1.54, 1.807) is 36.5 Å². The number of ketones is 1. The first kappa shape index (κ1) is 20.0. The average molecular weight is 480 g/mol. The molecule has 2 aliphatic heterocycles. The summed E-state index contributed by atoms with van der Waals surface area (Å²) in [5.41, 5.74) is 1.39. The van der Waals surface area contributed by atoms with E-state index >= 15 is 0 Å². The predicted octanol–water partition coefficient (Wildman–Crippen LogP) is 4.36. The number of pyridine rings is 1. The predicted molar refractivity (Wildman–Crippen MR) is 118 cm³/mol. The summed E-state index contributed by atoms with van der Waals surface area (Å²) in [7, 11) is 1.86. The van der Waals surface area contributed by atoms with Crippen molar-refractivity contribution >= 4 is 33.3 Å². The second-order valence-corrected chi connectivity index (χ2v) is 8.92. The molecule has 0 radical (unpaired) electrons. The first-order chi connectivity index (χ1) is 14.9. The van der Waals surface area contributed by atoms with Gasteiger partial charge in [0.25, 0.3) is 0 Å². The van der Waals surface area contributed by atoms with Gasteiger partial charge in [-0.1, -0.05) is 34.1 Å². The molecule has 1 spiro atoms. The van der Waals surface area contributed by atoms with E-state index in [-0.39, 0.29) is 23.4 Å². The molecule has 0 aliphatic carbocycles. The molecule has 3 heterocycles. The van der Waals surface area contributed by atoms with E-state index < -0.39 is 11.5 Å². The molecule has 5 nitrogen and oxygen atoms in total. The van der Waals surface area contributed by atoms with Crippen LogP contribution < -0.4 is 5.32 Å². The summed E-state index contributed by atoms with van der Waals surface area (Å²) in [6.45, 7) is 0.467. The van der Waals surface area contributed by atoms with E-state index in [0.29, 0.717) is 17.9 Å². The number of hydrogen-bond acceptors (Lipinski definition) is 4. The van der Waals surface area contributed by atoms with Gasteiger partial charge in [0.1, 0.15) is 17.1 Å². The zero-order valence-electron chi connectivity index (χ0n) is 16.7. The Kier molecular flexibility index (Phi) is 4.75. The van der Waals surface area contributed by atoms with Crippen LogP contribution in [0.15, 0.2) is 71.3 Å². The van der Waals surface area contributed by atoms with E-state index in [9.17, 15) is 14.0 Å². The van der Waals surface area contributed by atoms with Gasteiger partial charge in [0, 0.05) is 34.4 Å². The molecule has 2 aromatic carbocycles. The van der Waals surface area contributed by atoms with Crippen molar-refractivity contribution in [2.45, 2.75) is 11.5 Å². The molecule has 1 N–H and O–H groups in total. The maximum Gasteiger partial charge on any atom is 0.250 e. The van der Waals surface area contributed by atoms with Crippen LogP contribution in [-0.2, 0) is 10.3 Å². The minimum Gasteiger partial charge on any atom is -0.324 e. The van der Waals surface area contributed by atoms with Crippen molar-refractivity contribution in [2.75, 3.05) is 18.9 Å². The normalized spacial score (nSPS) is 24.9. The summed E-state index contributed by atoms with van der Waals surface area (Å²) in [5.74, 6) is -1.82. The lowest BCUT2D eigenvalue weighted by atomic mass is 9.71. The van der Waals surface area contributed by atoms with Crippen LogP contribution in [0.1, 0.15) is 27.5 Å². The number of anilines is 1. The van der Waals surface area contributed by atoms with Crippen molar-refractivity contribution in [3.63, 3.8) is 0 Å². The highest BCUT2D eigenvalue weighted by Gasteiger charge is 2.64. The van der Waals surface area contributed by atoms with Gasteiger partial charge in [0.2, 0.25) is 5.91 Å². The molecule has 1 amide bonds. The highest BCUT2D eigenvalue weighted by atomic mass is 79.9. The molecule has 1 saturated heterocycles. The Labute approximate surface area is 187 Å². The van der Waals surface area contributed by atoms with Gasteiger partial charge >= 0.3 is 0 Å². The Bertz CT molecular complexity index is 1190. The van der Waals surface area contributed by atoms with Crippen molar-refractivity contribution in [3.8, 4) is 0 Å². The van der Waals surface area contributed by atoms with Crippen molar-refractivity contribution in [3.05, 3.63) is 94.0 Å². The number of likely N-dealkylation sites (N-methyl/N-ethyl adjacent to an activating group) is 1. The summed E-state index contributed by atoms with van der Waals surface area (Å²) >= 11 is 3.51. The number of aromatic nitrogens is 1. The number of carbonyl (C=O) groups is 2. The van der Waals surface area contributed by atoms with Crippen molar-refractivity contribution in [1.29, 1.82) is 0 Å². The van der Waals surface area contributed by atoms with E-state index in [1.807, 2.05) is 30.1 Å². The van der Waals surface area contributed by atoms with E-state index in [4.69, 9.17) is 0 Å². The fourth-order valence-electron chi connectivity index (χ4n) is 5.09. The highest BCUT2D eigenvalue weighted by molar-refractivity contribution is 9.10. The molecule has 3 atom stereocenters. The van der Waals surface area contributed by atoms with Gasteiger partial charge in [-0.3, -0.25) is 19.5 Å². The van der Waals surface area contributed by atoms with E-state index in [2.05, 4.69) is 26.2 Å². The molecule has 31 heavy (non-hydrogen) atoms. The van der Waals surface area contributed by atoms with Crippen LogP contribution in [0.2, 0.25) is 0 Å². The Morgan fingerprint density at radius 2 is 1.97 bits per heavy atom. The quantitative estimate of drug-likeness (QED) is 0.566. The molecule has 0 bridgehead atoms. The molecule has 1 aromatic heterocycles. The molecule has 2 aliphatic rings. The second kappa shape index (κ2) is 7.35. The molecule has 0 unspecified atom stereocenters. The van der Waals surface area contributed by atoms with Gasteiger partial charge in [-0.2, -0.15) is 0 Å². The van der Waals surface area contributed by atoms with Crippen LogP contribution in [0.5, 0.6) is 0 Å². The smallest absolute Gasteiger partial charge is 0.250 e. The molecular weight excluding hydrogens is 461 g/mol. The van der Waals surface area contributed by atoms with Crippen LogP contribution >= 0.6 is 15.9 Å². The van der Waals surface area contributed by atoms with E-state index in [1.165, 1.54) is 12.1 Å². The number of fused-ring (bicyclic) bond motifs is 2. The third-order valence-electron chi connectivity index (χ3n) is 6.41. The largest absolute Gasteiger partial charge is 0.324 e. The Hall–Kier alpha value is -2.90. The monoisotopic (exact) mass is 479 g/mol.